The van der Waals surface area contributed by atoms with Crippen LogP contribution < -0.4 is 5.32 Å². The summed E-state index contributed by atoms with van der Waals surface area (Å²) in [6, 6.07) is 18.8. The van der Waals surface area contributed by atoms with Crippen molar-refractivity contribution in [3.05, 3.63) is 71.3 Å². The highest BCUT2D eigenvalue weighted by Crippen LogP contribution is 2.21. The molecule has 0 saturated carbocycles. The molecular formula is C21H27NOS. The Bertz CT molecular complexity index is 622. The molecule has 0 radical (unpaired) electrons. The van der Waals surface area contributed by atoms with Gasteiger partial charge in [-0.25, -0.2) is 0 Å². The second-order valence-electron chi connectivity index (χ2n) is 6.64. The zero-order chi connectivity index (χ0) is 17.4. The minimum absolute atomic E-state index is 0.0960. The molecule has 0 aliphatic heterocycles. The first-order valence-corrected chi connectivity index (χ1v) is 9.67. The number of carbonyl (C=O) groups excluding carboxylic acids is 1. The van der Waals surface area contributed by atoms with Crippen molar-refractivity contribution in [2.75, 3.05) is 5.75 Å². The van der Waals surface area contributed by atoms with Gasteiger partial charge in [0.2, 0.25) is 5.91 Å². The topological polar surface area (TPSA) is 29.1 Å². The van der Waals surface area contributed by atoms with Crippen LogP contribution in [0.3, 0.4) is 0 Å². The van der Waals surface area contributed by atoms with E-state index in [1.807, 2.05) is 18.2 Å². The average Bonchev–Trinajstić information content (AvgIpc) is 2.56. The van der Waals surface area contributed by atoms with Gasteiger partial charge in [0.05, 0.1) is 11.8 Å². The second-order valence-corrected chi connectivity index (χ2v) is 7.62. The molecule has 0 bridgehead atoms. The van der Waals surface area contributed by atoms with Crippen LogP contribution in [0.15, 0.2) is 54.6 Å². The fraction of sp³-hybridized carbons (Fsp3) is 0.381. The molecule has 0 aromatic heterocycles. The monoisotopic (exact) mass is 341 g/mol. The molecule has 2 aromatic rings. The van der Waals surface area contributed by atoms with E-state index in [9.17, 15) is 4.79 Å². The average molecular weight is 342 g/mol. The molecule has 0 heterocycles. The smallest absolute Gasteiger partial charge is 0.230 e. The second kappa shape index (κ2) is 9.53. The summed E-state index contributed by atoms with van der Waals surface area (Å²) in [4.78, 5) is 12.3. The van der Waals surface area contributed by atoms with Gasteiger partial charge < -0.3 is 5.32 Å². The summed E-state index contributed by atoms with van der Waals surface area (Å²) in [5, 5.41) is 3.20. The standard InChI is InChI=1S/C21H27NOS/c1-16(2)13-20(19-7-5-4-6-8-19)22-21(23)15-24-14-18-11-9-17(3)10-12-18/h4-12,16,20H,13-15H2,1-3H3,(H,22,23)/t20-/m1/s1. The van der Waals surface area contributed by atoms with E-state index in [2.05, 4.69) is 62.5 Å². The summed E-state index contributed by atoms with van der Waals surface area (Å²) in [5.74, 6) is 2.01. The third-order valence-corrected chi connectivity index (χ3v) is 4.87. The van der Waals surface area contributed by atoms with Crippen LogP contribution in [0.5, 0.6) is 0 Å². The Morgan fingerprint density at radius 1 is 1.04 bits per heavy atom. The number of amides is 1. The molecule has 0 saturated heterocycles. The van der Waals surface area contributed by atoms with Gasteiger partial charge in [0, 0.05) is 5.75 Å². The van der Waals surface area contributed by atoms with Crippen molar-refractivity contribution in [3.63, 3.8) is 0 Å². The Morgan fingerprint density at radius 3 is 2.33 bits per heavy atom. The highest BCUT2D eigenvalue weighted by atomic mass is 32.2. The van der Waals surface area contributed by atoms with E-state index in [0.717, 1.165) is 12.2 Å². The minimum Gasteiger partial charge on any atom is -0.349 e. The lowest BCUT2D eigenvalue weighted by Gasteiger charge is -2.21. The van der Waals surface area contributed by atoms with E-state index in [1.165, 1.54) is 16.7 Å². The van der Waals surface area contributed by atoms with Gasteiger partial charge in [-0.15, -0.1) is 11.8 Å². The van der Waals surface area contributed by atoms with Gasteiger partial charge in [-0.2, -0.15) is 0 Å². The van der Waals surface area contributed by atoms with Gasteiger partial charge in [-0.05, 0) is 30.4 Å². The number of benzene rings is 2. The molecule has 1 atom stereocenters. The molecule has 0 aliphatic rings. The number of carbonyl (C=O) groups is 1. The number of thioether (sulfide) groups is 1. The summed E-state index contributed by atoms with van der Waals surface area (Å²) in [6.45, 7) is 6.46. The molecule has 2 rings (SSSR count). The molecule has 2 aromatic carbocycles. The lowest BCUT2D eigenvalue weighted by molar-refractivity contribution is -0.119. The van der Waals surface area contributed by atoms with Crippen LogP contribution in [-0.2, 0) is 10.5 Å². The maximum Gasteiger partial charge on any atom is 0.230 e. The zero-order valence-electron chi connectivity index (χ0n) is 14.8. The van der Waals surface area contributed by atoms with Crippen molar-refractivity contribution in [2.24, 2.45) is 5.92 Å². The van der Waals surface area contributed by atoms with Crippen molar-refractivity contribution in [3.8, 4) is 0 Å². The Labute approximate surface area is 150 Å². The van der Waals surface area contributed by atoms with E-state index in [4.69, 9.17) is 0 Å². The van der Waals surface area contributed by atoms with Gasteiger partial charge in [-0.1, -0.05) is 74.0 Å². The molecule has 1 N–H and O–H groups in total. The number of nitrogens with one attached hydrogen (secondary N) is 1. The van der Waals surface area contributed by atoms with Gasteiger partial charge >= 0.3 is 0 Å². The van der Waals surface area contributed by atoms with E-state index in [-0.39, 0.29) is 11.9 Å². The Balaban J connectivity index is 1.85. The normalized spacial score (nSPS) is 12.2. The number of aryl methyl sites for hydroxylation is 1. The van der Waals surface area contributed by atoms with Gasteiger partial charge in [-0.3, -0.25) is 4.79 Å². The third-order valence-electron chi connectivity index (χ3n) is 3.87. The van der Waals surface area contributed by atoms with Gasteiger partial charge in [0.15, 0.2) is 0 Å². The maximum absolute atomic E-state index is 12.3. The summed E-state index contributed by atoms with van der Waals surface area (Å²) in [5.41, 5.74) is 3.71. The van der Waals surface area contributed by atoms with Crippen LogP contribution in [0.1, 0.15) is 43.0 Å². The molecule has 128 valence electrons. The van der Waals surface area contributed by atoms with Crippen LogP contribution in [0.4, 0.5) is 0 Å². The van der Waals surface area contributed by atoms with E-state index >= 15 is 0 Å². The molecule has 2 nitrogen and oxygen atoms in total. The number of hydrogen-bond acceptors (Lipinski definition) is 2. The number of hydrogen-bond donors (Lipinski definition) is 1. The minimum atomic E-state index is 0.0960. The SMILES string of the molecule is Cc1ccc(CSCC(=O)N[C@H](CC(C)C)c2ccccc2)cc1. The highest BCUT2D eigenvalue weighted by Gasteiger charge is 2.15. The van der Waals surface area contributed by atoms with Crippen molar-refractivity contribution < 1.29 is 4.79 Å². The maximum atomic E-state index is 12.3. The Hall–Kier alpha value is -1.74. The summed E-state index contributed by atoms with van der Waals surface area (Å²) in [6.07, 6.45) is 0.957. The summed E-state index contributed by atoms with van der Waals surface area (Å²) in [7, 11) is 0. The largest absolute Gasteiger partial charge is 0.349 e. The first-order valence-electron chi connectivity index (χ1n) is 8.52. The Morgan fingerprint density at radius 2 is 1.71 bits per heavy atom. The fourth-order valence-electron chi connectivity index (χ4n) is 2.62. The quantitative estimate of drug-likeness (QED) is 0.721. The molecular weight excluding hydrogens is 314 g/mol. The predicted octanol–water partition coefficient (Wildman–Crippen LogP) is 5.13. The molecule has 3 heteroatoms. The predicted molar refractivity (Wildman–Crippen MR) is 104 cm³/mol. The van der Waals surface area contributed by atoms with Crippen molar-refractivity contribution >= 4 is 17.7 Å². The highest BCUT2D eigenvalue weighted by molar-refractivity contribution is 7.99. The molecule has 1 amide bonds. The lowest BCUT2D eigenvalue weighted by Crippen LogP contribution is -2.30. The van der Waals surface area contributed by atoms with Gasteiger partial charge in [0.25, 0.3) is 0 Å². The molecule has 24 heavy (non-hydrogen) atoms. The number of rotatable bonds is 8. The first-order chi connectivity index (χ1) is 11.5. The van der Waals surface area contributed by atoms with Crippen LogP contribution in [-0.4, -0.2) is 11.7 Å². The van der Waals surface area contributed by atoms with Crippen molar-refractivity contribution in [1.29, 1.82) is 0 Å². The van der Waals surface area contributed by atoms with E-state index in [0.29, 0.717) is 11.7 Å². The van der Waals surface area contributed by atoms with Crippen LogP contribution >= 0.6 is 11.8 Å². The third kappa shape index (κ3) is 6.40. The van der Waals surface area contributed by atoms with Crippen LogP contribution in [0.2, 0.25) is 0 Å². The lowest BCUT2D eigenvalue weighted by atomic mass is 9.97. The first kappa shape index (κ1) is 18.6. The zero-order valence-corrected chi connectivity index (χ0v) is 15.6. The van der Waals surface area contributed by atoms with Crippen molar-refractivity contribution in [1.82, 2.24) is 5.32 Å². The van der Waals surface area contributed by atoms with Crippen LogP contribution in [0, 0.1) is 12.8 Å². The van der Waals surface area contributed by atoms with Crippen molar-refractivity contribution in [2.45, 2.75) is 39.0 Å². The van der Waals surface area contributed by atoms with Crippen LogP contribution in [0.25, 0.3) is 0 Å². The molecule has 0 fully saturated rings. The fourth-order valence-corrected chi connectivity index (χ4v) is 3.42. The Kier molecular flexibility index (Phi) is 7.38. The van der Waals surface area contributed by atoms with E-state index < -0.39 is 0 Å². The summed E-state index contributed by atoms with van der Waals surface area (Å²) >= 11 is 1.66. The molecule has 0 unspecified atom stereocenters. The van der Waals surface area contributed by atoms with E-state index in [1.54, 1.807) is 11.8 Å². The summed E-state index contributed by atoms with van der Waals surface area (Å²) < 4.78 is 0. The van der Waals surface area contributed by atoms with Gasteiger partial charge in [0.1, 0.15) is 0 Å². The molecule has 0 aliphatic carbocycles. The molecule has 0 spiro atoms.